The van der Waals surface area contributed by atoms with E-state index in [0.717, 1.165) is 9.87 Å². The molecule has 1 unspecified atom stereocenters. The van der Waals surface area contributed by atoms with Crippen LogP contribution in [-0.2, 0) is 19.6 Å². The number of carbonyl (C=O) groups is 2. The van der Waals surface area contributed by atoms with Crippen LogP contribution in [0.3, 0.4) is 0 Å². The van der Waals surface area contributed by atoms with E-state index in [1.807, 2.05) is 6.92 Å². The summed E-state index contributed by atoms with van der Waals surface area (Å²) in [7, 11) is -3.90. The van der Waals surface area contributed by atoms with Crippen molar-refractivity contribution in [1.82, 2.24) is 9.62 Å². The molecule has 0 radical (unpaired) electrons. The molecule has 21 heavy (non-hydrogen) atoms. The van der Waals surface area contributed by atoms with Crippen LogP contribution in [0.5, 0.6) is 0 Å². The molecule has 2 N–H and O–H groups in total. The number of hydrogen-bond donors (Lipinski definition) is 2. The predicted octanol–water partition coefficient (Wildman–Crippen LogP) is -0.0412. The molecule has 1 heterocycles. The third-order valence-electron chi connectivity index (χ3n) is 3.28. The third kappa shape index (κ3) is 3.22. The van der Waals surface area contributed by atoms with Gasteiger partial charge in [0, 0.05) is 13.1 Å². The lowest BCUT2D eigenvalue weighted by Crippen LogP contribution is -2.57. The normalized spacial score (nSPS) is 20.0. The SMILES string of the molecule is Cc1ccc(S(=O)(=O)N2CCNC(=O)C2CC(=O)O)cc1. The van der Waals surface area contributed by atoms with E-state index in [2.05, 4.69) is 5.32 Å². The average Bonchev–Trinajstić information content (AvgIpc) is 2.41. The molecule has 1 atom stereocenters. The number of carbonyl (C=O) groups excluding carboxylic acids is 1. The molecule has 0 saturated carbocycles. The zero-order chi connectivity index (χ0) is 15.6. The minimum atomic E-state index is -3.90. The monoisotopic (exact) mass is 312 g/mol. The van der Waals surface area contributed by atoms with Gasteiger partial charge in [0.15, 0.2) is 0 Å². The van der Waals surface area contributed by atoms with Crippen molar-refractivity contribution in [2.45, 2.75) is 24.3 Å². The van der Waals surface area contributed by atoms with Crippen molar-refractivity contribution in [1.29, 1.82) is 0 Å². The van der Waals surface area contributed by atoms with Crippen LogP contribution in [0.2, 0.25) is 0 Å². The zero-order valence-corrected chi connectivity index (χ0v) is 12.3. The highest BCUT2D eigenvalue weighted by Gasteiger charge is 2.39. The van der Waals surface area contributed by atoms with Crippen LogP contribution < -0.4 is 5.32 Å². The fourth-order valence-corrected chi connectivity index (χ4v) is 3.77. The summed E-state index contributed by atoms with van der Waals surface area (Å²) >= 11 is 0. The highest BCUT2D eigenvalue weighted by molar-refractivity contribution is 7.89. The van der Waals surface area contributed by atoms with Crippen molar-refractivity contribution >= 4 is 21.9 Å². The van der Waals surface area contributed by atoms with Crippen LogP contribution >= 0.6 is 0 Å². The van der Waals surface area contributed by atoms with Gasteiger partial charge in [-0.05, 0) is 19.1 Å². The van der Waals surface area contributed by atoms with Crippen molar-refractivity contribution < 1.29 is 23.1 Å². The maximum absolute atomic E-state index is 12.6. The average molecular weight is 312 g/mol. The van der Waals surface area contributed by atoms with Crippen molar-refractivity contribution in [2.75, 3.05) is 13.1 Å². The molecule has 2 rings (SSSR count). The lowest BCUT2D eigenvalue weighted by atomic mass is 10.1. The molecule has 8 heteroatoms. The summed E-state index contributed by atoms with van der Waals surface area (Å²) in [6, 6.07) is 5.00. The number of rotatable bonds is 4. The van der Waals surface area contributed by atoms with Gasteiger partial charge in [-0.15, -0.1) is 0 Å². The number of aryl methyl sites for hydroxylation is 1. The van der Waals surface area contributed by atoms with E-state index in [1.165, 1.54) is 12.1 Å². The van der Waals surface area contributed by atoms with Crippen LogP contribution in [0.25, 0.3) is 0 Å². The first-order valence-corrected chi connectivity index (χ1v) is 7.84. The van der Waals surface area contributed by atoms with E-state index in [1.54, 1.807) is 12.1 Å². The van der Waals surface area contributed by atoms with Crippen molar-refractivity contribution in [3.63, 3.8) is 0 Å². The largest absolute Gasteiger partial charge is 0.481 e. The molecule has 7 nitrogen and oxygen atoms in total. The van der Waals surface area contributed by atoms with Gasteiger partial charge in [0.1, 0.15) is 6.04 Å². The van der Waals surface area contributed by atoms with Gasteiger partial charge in [-0.2, -0.15) is 4.31 Å². The molecule has 0 spiro atoms. The number of nitrogens with zero attached hydrogens (tertiary/aromatic N) is 1. The molecular formula is C13H16N2O5S. The minimum absolute atomic E-state index is 0.0539. The minimum Gasteiger partial charge on any atom is -0.481 e. The Kier molecular flexibility index (Phi) is 4.29. The van der Waals surface area contributed by atoms with Crippen LogP contribution in [0.1, 0.15) is 12.0 Å². The van der Waals surface area contributed by atoms with Gasteiger partial charge in [0.2, 0.25) is 15.9 Å². The summed E-state index contributed by atoms with van der Waals surface area (Å²) in [5.74, 6) is -1.81. The molecule has 114 valence electrons. The van der Waals surface area contributed by atoms with Gasteiger partial charge in [0.25, 0.3) is 0 Å². The predicted molar refractivity (Wildman–Crippen MR) is 74.1 cm³/mol. The third-order valence-corrected chi connectivity index (χ3v) is 5.20. The molecule has 0 aliphatic carbocycles. The van der Waals surface area contributed by atoms with E-state index in [-0.39, 0.29) is 18.0 Å². The van der Waals surface area contributed by atoms with E-state index < -0.39 is 34.4 Å². The summed E-state index contributed by atoms with van der Waals surface area (Å²) < 4.78 is 26.1. The van der Waals surface area contributed by atoms with Crippen LogP contribution in [-0.4, -0.2) is 48.8 Å². The topological polar surface area (TPSA) is 104 Å². The van der Waals surface area contributed by atoms with Gasteiger partial charge in [-0.25, -0.2) is 8.42 Å². The molecule has 1 aliphatic rings. The molecule has 0 bridgehead atoms. The summed E-state index contributed by atoms with van der Waals surface area (Å²) in [5.41, 5.74) is 0.910. The Hall–Kier alpha value is -1.93. The van der Waals surface area contributed by atoms with Crippen molar-refractivity contribution in [3.8, 4) is 0 Å². The molecule has 1 amide bonds. The van der Waals surface area contributed by atoms with Crippen LogP contribution in [0.15, 0.2) is 29.2 Å². The molecule has 1 fully saturated rings. The zero-order valence-electron chi connectivity index (χ0n) is 11.4. The van der Waals surface area contributed by atoms with Crippen LogP contribution in [0.4, 0.5) is 0 Å². The van der Waals surface area contributed by atoms with Gasteiger partial charge < -0.3 is 10.4 Å². The van der Waals surface area contributed by atoms with Crippen LogP contribution in [0, 0.1) is 6.92 Å². The number of amides is 1. The molecule has 1 saturated heterocycles. The van der Waals surface area contributed by atoms with Crippen molar-refractivity contribution in [3.05, 3.63) is 29.8 Å². The van der Waals surface area contributed by atoms with Gasteiger partial charge in [0.05, 0.1) is 11.3 Å². The lowest BCUT2D eigenvalue weighted by molar-refractivity contribution is -0.141. The lowest BCUT2D eigenvalue weighted by Gasteiger charge is -2.33. The molecule has 1 aromatic carbocycles. The van der Waals surface area contributed by atoms with Crippen molar-refractivity contribution in [2.24, 2.45) is 0 Å². The van der Waals surface area contributed by atoms with E-state index >= 15 is 0 Å². The summed E-state index contributed by atoms with van der Waals surface area (Å²) in [6.07, 6.45) is -0.559. The maximum atomic E-state index is 12.6. The molecule has 0 aromatic heterocycles. The molecule has 1 aliphatic heterocycles. The van der Waals surface area contributed by atoms with E-state index in [0.29, 0.717) is 0 Å². The Morgan fingerprint density at radius 1 is 1.38 bits per heavy atom. The summed E-state index contributed by atoms with van der Waals surface area (Å²) in [6.45, 7) is 2.05. The Morgan fingerprint density at radius 2 is 2.00 bits per heavy atom. The van der Waals surface area contributed by atoms with E-state index in [9.17, 15) is 18.0 Å². The van der Waals surface area contributed by atoms with E-state index in [4.69, 9.17) is 5.11 Å². The summed E-state index contributed by atoms with van der Waals surface area (Å²) in [4.78, 5) is 22.7. The Balaban J connectivity index is 2.38. The Morgan fingerprint density at radius 3 is 2.57 bits per heavy atom. The maximum Gasteiger partial charge on any atom is 0.305 e. The number of benzene rings is 1. The number of carboxylic acid groups (broad SMARTS) is 1. The second-order valence-electron chi connectivity index (χ2n) is 4.83. The number of carboxylic acids is 1. The highest BCUT2D eigenvalue weighted by atomic mass is 32.2. The Labute approximate surface area is 122 Å². The first-order chi connectivity index (χ1) is 9.82. The summed E-state index contributed by atoms with van der Waals surface area (Å²) in [5, 5.41) is 11.4. The smallest absolute Gasteiger partial charge is 0.305 e. The van der Waals surface area contributed by atoms with Gasteiger partial charge >= 0.3 is 5.97 Å². The first kappa shape index (κ1) is 15.5. The number of aliphatic carboxylic acids is 1. The Bertz CT molecular complexity index is 654. The second-order valence-corrected chi connectivity index (χ2v) is 6.72. The fraction of sp³-hybridized carbons (Fsp3) is 0.385. The number of nitrogens with one attached hydrogen (secondary N) is 1. The van der Waals surface area contributed by atoms with Gasteiger partial charge in [-0.1, -0.05) is 17.7 Å². The fourth-order valence-electron chi connectivity index (χ4n) is 2.19. The standard InChI is InChI=1S/C13H16N2O5S/c1-9-2-4-10(5-3-9)21(19,20)15-7-6-14-13(18)11(15)8-12(16)17/h2-5,11H,6-8H2,1H3,(H,14,18)(H,16,17). The second kappa shape index (κ2) is 5.82. The first-order valence-electron chi connectivity index (χ1n) is 6.40. The highest BCUT2D eigenvalue weighted by Crippen LogP contribution is 2.21. The van der Waals surface area contributed by atoms with Gasteiger partial charge in [-0.3, -0.25) is 9.59 Å². The number of piperazine rings is 1. The number of hydrogen-bond acceptors (Lipinski definition) is 4. The molecular weight excluding hydrogens is 296 g/mol. The quantitative estimate of drug-likeness (QED) is 0.812. The molecule has 1 aromatic rings. The number of sulfonamides is 1.